The van der Waals surface area contributed by atoms with Crippen LogP contribution >= 0.6 is 0 Å². The Hall–Kier alpha value is -2.36. The van der Waals surface area contributed by atoms with E-state index in [1.54, 1.807) is 18.2 Å². The van der Waals surface area contributed by atoms with Crippen LogP contribution in [0.25, 0.3) is 50.4 Å². The molecule has 45 heavy (non-hydrogen) atoms. The average molecular weight is 670 g/mol. The van der Waals surface area contributed by atoms with Gasteiger partial charge >= 0.3 is 78.6 Å². The molecular weight excluding hydrogens is 640 g/mol. The number of aryl methyl sites for hydroxylation is 3. The first-order chi connectivity index (χ1) is 20.0. The van der Waals surface area contributed by atoms with E-state index in [-0.39, 0.29) is 104 Å². The van der Waals surface area contributed by atoms with Crippen LogP contribution < -0.4 is 79.3 Å². The molecule has 3 aromatic heterocycles. The molecular formula is C34H30N4Na2O4Zn. The van der Waals surface area contributed by atoms with Gasteiger partial charge in [0.2, 0.25) is 0 Å². The van der Waals surface area contributed by atoms with Crippen molar-refractivity contribution in [2.24, 2.45) is 0 Å². The van der Waals surface area contributed by atoms with E-state index >= 15 is 0 Å². The summed E-state index contributed by atoms with van der Waals surface area (Å²) in [4.78, 5) is 42.4. The van der Waals surface area contributed by atoms with Crippen LogP contribution in [-0.2, 0) is 35.5 Å². The van der Waals surface area contributed by atoms with Crippen LogP contribution in [0.1, 0.15) is 78.1 Å². The van der Waals surface area contributed by atoms with Crippen LogP contribution in [-0.4, -0.2) is 21.9 Å². The van der Waals surface area contributed by atoms with E-state index in [9.17, 15) is 19.8 Å². The van der Waals surface area contributed by atoms with Gasteiger partial charge in [-0.2, -0.15) is 0 Å². The third-order valence-corrected chi connectivity index (χ3v) is 8.04. The number of hydrogen-bond acceptors (Lipinski definition) is 6. The molecule has 0 saturated carbocycles. The second-order valence-corrected chi connectivity index (χ2v) is 10.5. The van der Waals surface area contributed by atoms with Gasteiger partial charge in [0, 0.05) is 17.5 Å². The van der Waals surface area contributed by atoms with E-state index in [1.807, 2.05) is 45.9 Å². The molecule has 5 rings (SSSR count). The van der Waals surface area contributed by atoms with Crippen molar-refractivity contribution >= 4 is 62.4 Å². The van der Waals surface area contributed by atoms with Crippen LogP contribution in [0.2, 0.25) is 0 Å². The van der Waals surface area contributed by atoms with Gasteiger partial charge in [0.15, 0.2) is 0 Å². The molecule has 0 aromatic carbocycles. The second-order valence-electron chi connectivity index (χ2n) is 10.5. The van der Waals surface area contributed by atoms with Crippen LogP contribution in [0.15, 0.2) is 43.5 Å². The van der Waals surface area contributed by atoms with E-state index in [1.165, 1.54) is 0 Å². The zero-order valence-electron chi connectivity index (χ0n) is 26.8. The minimum Gasteiger partial charge on any atom is -0.657 e. The number of carboxylic acid groups (broad SMARTS) is 2. The molecule has 0 unspecified atom stereocenters. The van der Waals surface area contributed by atoms with E-state index in [0.29, 0.717) is 28.1 Å². The molecule has 0 amide bonds. The number of nitrogens with zero attached hydrogens (tertiary/aromatic N) is 4. The van der Waals surface area contributed by atoms with Crippen LogP contribution in [0.4, 0.5) is 0 Å². The fourth-order valence-corrected chi connectivity index (χ4v) is 5.60. The summed E-state index contributed by atoms with van der Waals surface area (Å²) in [6.07, 6.45) is 3.65. The molecule has 0 saturated heterocycles. The normalized spacial score (nSPS) is 12.2. The first kappa shape index (κ1) is 38.8. The maximum absolute atomic E-state index is 11.4. The minimum atomic E-state index is -1.16. The topological polar surface area (TPSA) is 134 Å². The Morgan fingerprint density at radius 3 is 1.84 bits per heavy atom. The summed E-state index contributed by atoms with van der Waals surface area (Å²) in [5.41, 5.74) is 12.2. The van der Waals surface area contributed by atoms with E-state index < -0.39 is 11.9 Å². The molecule has 5 heterocycles. The predicted octanol–water partition coefficient (Wildman–Crippen LogP) is -1.90. The van der Waals surface area contributed by atoms with Gasteiger partial charge in [-0.15, -0.1) is 22.1 Å². The average Bonchev–Trinajstić information content (AvgIpc) is 3.59. The molecule has 8 nitrogen and oxygen atoms in total. The van der Waals surface area contributed by atoms with Gasteiger partial charge in [0.25, 0.3) is 0 Å². The van der Waals surface area contributed by atoms with Crippen molar-refractivity contribution in [2.45, 2.75) is 53.4 Å². The molecule has 0 N–H and O–H groups in total. The Morgan fingerprint density at radius 1 is 0.711 bits per heavy atom. The summed E-state index contributed by atoms with van der Waals surface area (Å²) in [6, 6.07) is 7.52. The van der Waals surface area contributed by atoms with Gasteiger partial charge in [-0.05, 0) is 75.7 Å². The Morgan fingerprint density at radius 2 is 1.22 bits per heavy atom. The van der Waals surface area contributed by atoms with Crippen LogP contribution in [0.5, 0.6) is 0 Å². The maximum atomic E-state index is 11.4. The van der Waals surface area contributed by atoms with Crippen molar-refractivity contribution in [3.05, 3.63) is 88.5 Å². The number of carboxylic acids is 2. The van der Waals surface area contributed by atoms with E-state index in [4.69, 9.17) is 19.9 Å². The Labute approximate surface area is 319 Å². The monoisotopic (exact) mass is 668 g/mol. The third kappa shape index (κ3) is 7.79. The van der Waals surface area contributed by atoms with Crippen molar-refractivity contribution in [1.29, 1.82) is 0 Å². The summed E-state index contributed by atoms with van der Waals surface area (Å²) in [6.45, 7) is 15.8. The quantitative estimate of drug-likeness (QED) is 0.254. The Balaban J connectivity index is 0.00000235. The van der Waals surface area contributed by atoms with Crippen molar-refractivity contribution in [2.75, 3.05) is 0 Å². The van der Waals surface area contributed by atoms with E-state index in [0.717, 1.165) is 61.3 Å². The number of fused-ring (bicyclic) bond motifs is 8. The van der Waals surface area contributed by atoms with Crippen molar-refractivity contribution < 1.29 is 98.4 Å². The van der Waals surface area contributed by atoms with Crippen LogP contribution in [0, 0.1) is 13.8 Å². The first-order valence-corrected chi connectivity index (χ1v) is 13.7. The van der Waals surface area contributed by atoms with Gasteiger partial charge in [0.1, 0.15) is 0 Å². The molecule has 8 bridgehead atoms. The largest absolute Gasteiger partial charge is 2.00 e. The smallest absolute Gasteiger partial charge is 0.657 e. The molecule has 2 aliphatic rings. The van der Waals surface area contributed by atoms with Gasteiger partial charge in [-0.25, -0.2) is 9.97 Å². The van der Waals surface area contributed by atoms with Gasteiger partial charge < -0.3 is 29.8 Å². The summed E-state index contributed by atoms with van der Waals surface area (Å²) in [5.74, 6) is -2.31. The number of allylic oxidation sites excluding steroid dienone is 5. The number of aromatic nitrogens is 4. The minimum absolute atomic E-state index is 0. The molecule has 0 spiro atoms. The summed E-state index contributed by atoms with van der Waals surface area (Å²) < 4.78 is 0. The Bertz CT molecular complexity index is 1940. The van der Waals surface area contributed by atoms with Crippen LogP contribution in [0.3, 0.4) is 0 Å². The molecule has 3 aromatic rings. The van der Waals surface area contributed by atoms with Gasteiger partial charge in [0.05, 0.1) is 22.8 Å². The number of carbonyl (C=O) groups excluding carboxylic acids is 2. The standard InChI is InChI=1S/C34H34N4O4.2Na.Zn/c1-7-21-17(3)25-13-26-19(5)23(9-11-33(39)40)31(37-26)16-32-24(10-12-34(41)42)20(6)28(38-32)15-30-22(8-2)18(4)27(36-30)14-29(21)35-25;;;/h7-8,13-16H,1-2,9-12H2,3-6H3,(H4,35,36,37,38,39,40,41,42);;;/q;2*+1;+2/p-4. The second kappa shape index (κ2) is 16.0. The maximum Gasteiger partial charge on any atom is 2.00 e. The third-order valence-electron chi connectivity index (χ3n) is 8.04. The number of aliphatic carboxylic acids is 2. The van der Waals surface area contributed by atoms with Crippen molar-refractivity contribution in [3.63, 3.8) is 0 Å². The molecule has 0 fully saturated rings. The number of rotatable bonds is 8. The number of hydrogen-bond donors (Lipinski definition) is 0. The van der Waals surface area contributed by atoms with E-state index in [2.05, 4.69) is 13.2 Å². The first-order valence-electron chi connectivity index (χ1n) is 13.7. The molecule has 0 radical (unpaired) electrons. The number of carbonyl (C=O) groups is 2. The Kier molecular flexibility index (Phi) is 13.8. The van der Waals surface area contributed by atoms with Gasteiger partial charge in [-0.3, -0.25) is 0 Å². The van der Waals surface area contributed by atoms with Gasteiger partial charge in [-0.1, -0.05) is 66.3 Å². The molecule has 0 aliphatic carbocycles. The molecule has 0 atom stereocenters. The van der Waals surface area contributed by atoms with Crippen molar-refractivity contribution in [3.8, 4) is 0 Å². The summed E-state index contributed by atoms with van der Waals surface area (Å²) >= 11 is 0. The SMILES string of the molecule is C=CC1=C(C)c2cc3[n-]c(cc4nc(cc5[n-]c(cc1n2)c(C)c5CCC(=O)[O-])C(CCC(=O)[O-])=C4C)c(C)c3C=C.[Na+].[Na+].[Zn+2]. The summed E-state index contributed by atoms with van der Waals surface area (Å²) in [5, 5.41) is 22.8. The van der Waals surface area contributed by atoms with Crippen molar-refractivity contribution in [1.82, 2.24) is 19.9 Å². The molecule has 214 valence electrons. The fraction of sp³-hybridized carbons (Fsp3) is 0.235. The zero-order valence-corrected chi connectivity index (χ0v) is 33.8. The molecule has 2 aliphatic heterocycles. The summed E-state index contributed by atoms with van der Waals surface area (Å²) in [7, 11) is 0. The predicted molar refractivity (Wildman–Crippen MR) is 161 cm³/mol. The molecule has 11 heteroatoms. The fourth-order valence-electron chi connectivity index (χ4n) is 5.60. The zero-order chi connectivity index (χ0) is 30.3.